The number of fused-ring (bicyclic) bond motifs is 2. The number of allylic oxidation sites excluding steroid dienone is 9. The minimum Gasteiger partial charge on any atom is -0.327 e. The monoisotopic (exact) mass is 369 g/mol. The van der Waals surface area contributed by atoms with Crippen molar-refractivity contribution in [3.05, 3.63) is 82.8 Å². The van der Waals surface area contributed by atoms with Gasteiger partial charge in [0.1, 0.15) is 0 Å². The predicted octanol–water partition coefficient (Wildman–Crippen LogP) is 5.10. The molecule has 138 valence electrons. The van der Waals surface area contributed by atoms with Gasteiger partial charge in [0.25, 0.3) is 0 Å². The molecule has 0 spiro atoms. The van der Waals surface area contributed by atoms with Gasteiger partial charge >= 0.3 is 0 Å². The van der Waals surface area contributed by atoms with Gasteiger partial charge in [-0.1, -0.05) is 38.7 Å². The number of hydrogen-bond donors (Lipinski definition) is 2. The first-order chi connectivity index (χ1) is 12.6. The Hall–Kier alpha value is -2.53. The molecule has 5 heteroatoms. The van der Waals surface area contributed by atoms with E-state index in [9.17, 15) is 4.79 Å². The third-order valence-corrected chi connectivity index (χ3v) is 4.01. The first-order valence-electron chi connectivity index (χ1n) is 8.62. The molecular weight excluding hydrogens is 342 g/mol. The second-order valence-corrected chi connectivity index (χ2v) is 6.17. The Balaban J connectivity index is 0.00000163. The summed E-state index contributed by atoms with van der Waals surface area (Å²) in [6.07, 6.45) is 18.2. The molecule has 2 bridgehead atoms. The van der Waals surface area contributed by atoms with E-state index in [1.807, 2.05) is 69.6 Å². The minimum absolute atomic E-state index is 0.0923. The number of rotatable bonds is 6. The second-order valence-electron chi connectivity index (χ2n) is 5.24. The Kier molecular flexibility index (Phi) is 9.87. The molecule has 0 atom stereocenters. The fourth-order valence-electron chi connectivity index (χ4n) is 2.11. The molecule has 2 N–H and O–H groups in total. The van der Waals surface area contributed by atoms with Crippen LogP contribution < -0.4 is 10.0 Å². The molecule has 1 aliphatic heterocycles. The Morgan fingerprint density at radius 3 is 2.77 bits per heavy atom. The Bertz CT molecular complexity index is 734. The van der Waals surface area contributed by atoms with Crippen LogP contribution >= 0.6 is 11.9 Å². The van der Waals surface area contributed by atoms with E-state index in [0.717, 1.165) is 22.7 Å². The number of hydrogen-bond acceptors (Lipinski definition) is 4. The average molecular weight is 370 g/mol. The van der Waals surface area contributed by atoms with Crippen molar-refractivity contribution in [1.82, 2.24) is 10.0 Å². The largest absolute Gasteiger partial charge is 0.327 e. The summed E-state index contributed by atoms with van der Waals surface area (Å²) in [5, 5.41) is 2.75. The van der Waals surface area contributed by atoms with Crippen LogP contribution in [0, 0.1) is 0 Å². The molecule has 1 amide bonds. The predicted molar refractivity (Wildman–Crippen MR) is 114 cm³/mol. The molecule has 0 aromatic rings. The molecule has 1 heterocycles. The van der Waals surface area contributed by atoms with Crippen molar-refractivity contribution in [3.63, 3.8) is 0 Å². The Morgan fingerprint density at radius 2 is 2.08 bits per heavy atom. The summed E-state index contributed by atoms with van der Waals surface area (Å²) < 4.78 is 3.34. The molecule has 0 unspecified atom stereocenters. The van der Waals surface area contributed by atoms with Crippen LogP contribution in [0.2, 0.25) is 0 Å². The summed E-state index contributed by atoms with van der Waals surface area (Å²) in [7, 11) is 0. The lowest BCUT2D eigenvalue weighted by Crippen LogP contribution is -2.17. The average Bonchev–Trinajstić information content (AvgIpc) is 2.99. The Labute approximate surface area is 161 Å². The molecule has 0 saturated carbocycles. The van der Waals surface area contributed by atoms with Crippen LogP contribution in [-0.4, -0.2) is 12.1 Å². The molecule has 0 aromatic carbocycles. The van der Waals surface area contributed by atoms with Crippen molar-refractivity contribution in [1.29, 1.82) is 0 Å². The van der Waals surface area contributed by atoms with Gasteiger partial charge in [-0.3, -0.25) is 9.79 Å². The summed E-state index contributed by atoms with van der Waals surface area (Å²) in [4.78, 5) is 16.2. The summed E-state index contributed by atoms with van der Waals surface area (Å²) in [6.45, 7) is 11.4. The Morgan fingerprint density at radius 1 is 1.31 bits per heavy atom. The van der Waals surface area contributed by atoms with Crippen molar-refractivity contribution >= 4 is 24.1 Å². The van der Waals surface area contributed by atoms with Crippen LogP contribution in [0.3, 0.4) is 0 Å². The summed E-state index contributed by atoms with van der Waals surface area (Å²) in [6, 6.07) is 0. The van der Waals surface area contributed by atoms with E-state index in [-0.39, 0.29) is 5.91 Å². The maximum atomic E-state index is 11.1. The summed E-state index contributed by atoms with van der Waals surface area (Å²) in [5.74, 6) is -0.0923. The first kappa shape index (κ1) is 21.5. The standard InChI is InChI=1S/C19H21N3OS.C2H6/c1-4-18(21-15(3)23)9-8-14(2)24-22-19-7-5-6-16-12-17(19)10-11-20-13-16;1-2/h4-11,13,22H,2,12H2,1,3H3,(H,21,23);1-2H3/b9-8-,18-4+;. The minimum atomic E-state index is -0.0923. The highest BCUT2D eigenvalue weighted by molar-refractivity contribution is 8.01. The van der Waals surface area contributed by atoms with E-state index in [0.29, 0.717) is 0 Å². The fourth-order valence-corrected chi connectivity index (χ4v) is 2.68. The molecule has 2 rings (SSSR count). The van der Waals surface area contributed by atoms with E-state index in [1.165, 1.54) is 30.0 Å². The van der Waals surface area contributed by atoms with Crippen LogP contribution in [0.15, 0.2) is 87.7 Å². The van der Waals surface area contributed by atoms with Gasteiger partial charge < -0.3 is 10.0 Å². The normalized spacial score (nSPS) is 15.7. The van der Waals surface area contributed by atoms with Gasteiger partial charge in [-0.05, 0) is 54.3 Å². The van der Waals surface area contributed by atoms with E-state index in [1.54, 1.807) is 0 Å². The number of aliphatic imine (C=N–C) groups is 1. The van der Waals surface area contributed by atoms with Gasteiger partial charge in [0, 0.05) is 42.1 Å². The van der Waals surface area contributed by atoms with Crippen molar-refractivity contribution in [3.8, 4) is 0 Å². The zero-order valence-electron chi connectivity index (χ0n) is 15.9. The number of nitrogens with one attached hydrogen (secondary N) is 2. The lowest BCUT2D eigenvalue weighted by molar-refractivity contribution is -0.118. The molecule has 0 saturated heterocycles. The van der Waals surface area contributed by atoms with Crippen molar-refractivity contribution in [2.24, 2.45) is 4.99 Å². The van der Waals surface area contributed by atoms with Gasteiger partial charge in [-0.15, -0.1) is 0 Å². The molecule has 0 radical (unpaired) electrons. The molecule has 0 aromatic heterocycles. The van der Waals surface area contributed by atoms with Crippen LogP contribution in [0.25, 0.3) is 0 Å². The van der Waals surface area contributed by atoms with Crippen LogP contribution in [0.5, 0.6) is 0 Å². The van der Waals surface area contributed by atoms with Gasteiger partial charge in [0.2, 0.25) is 5.91 Å². The number of carbonyl (C=O) groups is 1. The van der Waals surface area contributed by atoms with Crippen molar-refractivity contribution in [2.45, 2.75) is 34.1 Å². The highest BCUT2D eigenvalue weighted by Gasteiger charge is 2.10. The van der Waals surface area contributed by atoms with Crippen molar-refractivity contribution in [2.75, 3.05) is 0 Å². The van der Waals surface area contributed by atoms with Crippen LogP contribution in [0.1, 0.15) is 34.1 Å². The second kappa shape index (κ2) is 11.9. The fraction of sp³-hybridized carbons (Fsp3) is 0.238. The van der Waals surface area contributed by atoms with E-state index in [4.69, 9.17) is 0 Å². The molecular formula is C21H27N3OS. The zero-order valence-corrected chi connectivity index (χ0v) is 16.7. The van der Waals surface area contributed by atoms with Gasteiger partial charge in [0.05, 0.1) is 0 Å². The van der Waals surface area contributed by atoms with Crippen molar-refractivity contribution < 1.29 is 4.79 Å². The third-order valence-electron chi connectivity index (χ3n) is 3.29. The number of carbonyl (C=O) groups excluding carboxylic acids is 1. The zero-order chi connectivity index (χ0) is 19.4. The van der Waals surface area contributed by atoms with Gasteiger partial charge in [-0.25, -0.2) is 0 Å². The molecule has 4 nitrogen and oxygen atoms in total. The lowest BCUT2D eigenvalue weighted by atomic mass is 10.1. The van der Waals surface area contributed by atoms with Gasteiger partial charge in [0.15, 0.2) is 0 Å². The first-order valence-corrected chi connectivity index (χ1v) is 9.44. The maximum Gasteiger partial charge on any atom is 0.221 e. The van der Waals surface area contributed by atoms with Crippen LogP contribution in [-0.2, 0) is 4.79 Å². The van der Waals surface area contributed by atoms with Crippen LogP contribution in [0.4, 0.5) is 0 Å². The summed E-state index contributed by atoms with van der Waals surface area (Å²) in [5.41, 5.74) is 4.15. The summed E-state index contributed by atoms with van der Waals surface area (Å²) >= 11 is 1.44. The smallest absolute Gasteiger partial charge is 0.221 e. The number of amides is 1. The highest BCUT2D eigenvalue weighted by Crippen LogP contribution is 2.26. The van der Waals surface area contributed by atoms with E-state index >= 15 is 0 Å². The molecule has 2 aliphatic rings. The quantitative estimate of drug-likeness (QED) is 0.506. The van der Waals surface area contributed by atoms with E-state index in [2.05, 4.69) is 27.7 Å². The SMILES string of the molecule is C=C(/C=C\C(=C/C)NC(C)=O)SNC1=CC=CC2=CN=CC=C1C2.CC. The molecule has 0 fully saturated rings. The highest BCUT2D eigenvalue weighted by atomic mass is 32.2. The molecule has 26 heavy (non-hydrogen) atoms. The van der Waals surface area contributed by atoms with Gasteiger partial charge in [-0.2, -0.15) is 0 Å². The third kappa shape index (κ3) is 7.57. The van der Waals surface area contributed by atoms with E-state index < -0.39 is 0 Å². The molecule has 1 aliphatic carbocycles. The number of nitrogens with zero attached hydrogens (tertiary/aromatic N) is 1. The maximum absolute atomic E-state index is 11.1. The lowest BCUT2D eigenvalue weighted by Gasteiger charge is -2.12. The topological polar surface area (TPSA) is 53.5 Å².